The molecule has 1 unspecified atom stereocenters. The number of methoxy groups -OCH3 is 1. The number of benzene rings is 2. The maximum absolute atomic E-state index is 13.5. The maximum Gasteiger partial charge on any atom is 0.322 e. The first-order valence-electron chi connectivity index (χ1n) is 11.2. The van der Waals surface area contributed by atoms with Crippen molar-refractivity contribution in [1.29, 1.82) is 0 Å². The monoisotopic (exact) mass is 453 g/mol. The van der Waals surface area contributed by atoms with Crippen molar-refractivity contribution in [2.24, 2.45) is 0 Å². The van der Waals surface area contributed by atoms with E-state index in [1.807, 2.05) is 47.4 Å². The molecule has 2 aromatic rings. The van der Waals surface area contributed by atoms with Crippen LogP contribution < -0.4 is 10.1 Å². The molecule has 1 atom stereocenters. The van der Waals surface area contributed by atoms with Crippen molar-refractivity contribution in [1.82, 2.24) is 9.80 Å². The third-order valence-corrected chi connectivity index (χ3v) is 6.29. The first-order chi connectivity index (χ1) is 16.0. The highest BCUT2D eigenvalue weighted by Gasteiger charge is 2.52. The first kappa shape index (κ1) is 24.1. The Morgan fingerprint density at radius 1 is 1.09 bits per heavy atom. The van der Waals surface area contributed by atoms with Gasteiger partial charge in [-0.3, -0.25) is 9.59 Å². The standard InChI is InChI=1S/C24H29N3O3.CH2O2/c1-30-21-11-9-20(10-12-21)25-23(29)27-17-6-15-24(27)14-5-16-26(22(24)28)18-13-19-7-3-2-4-8-19;2-1-3/h2-4,7-12H,5-6,13-18H2,1H3,(H,25,29);1H,(H,2,3). The lowest BCUT2D eigenvalue weighted by Crippen LogP contribution is -2.62. The molecule has 8 nitrogen and oxygen atoms in total. The lowest BCUT2D eigenvalue weighted by Gasteiger charge is -2.44. The number of rotatable bonds is 5. The summed E-state index contributed by atoms with van der Waals surface area (Å²) < 4.78 is 5.17. The van der Waals surface area contributed by atoms with Crippen molar-refractivity contribution >= 4 is 24.1 Å². The van der Waals surface area contributed by atoms with Gasteiger partial charge in [0.1, 0.15) is 11.3 Å². The van der Waals surface area contributed by atoms with Gasteiger partial charge in [-0.15, -0.1) is 0 Å². The van der Waals surface area contributed by atoms with Gasteiger partial charge in [-0.2, -0.15) is 0 Å². The van der Waals surface area contributed by atoms with Crippen LogP contribution in [0.4, 0.5) is 10.5 Å². The van der Waals surface area contributed by atoms with E-state index >= 15 is 0 Å². The van der Waals surface area contributed by atoms with Gasteiger partial charge in [0, 0.05) is 25.3 Å². The molecular formula is C25H31N3O5. The minimum Gasteiger partial charge on any atom is -0.497 e. The molecule has 2 aliphatic heterocycles. The van der Waals surface area contributed by atoms with Crippen LogP contribution in [0, 0.1) is 0 Å². The quantitative estimate of drug-likeness (QED) is 0.674. The van der Waals surface area contributed by atoms with Crippen LogP contribution in [0.1, 0.15) is 31.2 Å². The van der Waals surface area contributed by atoms with Crippen LogP contribution in [0.3, 0.4) is 0 Å². The fourth-order valence-electron chi connectivity index (χ4n) is 4.71. The van der Waals surface area contributed by atoms with Crippen LogP contribution in [-0.2, 0) is 16.0 Å². The molecule has 2 aromatic carbocycles. The van der Waals surface area contributed by atoms with E-state index in [2.05, 4.69) is 17.4 Å². The summed E-state index contributed by atoms with van der Waals surface area (Å²) in [5.41, 5.74) is 1.23. The second-order valence-corrected chi connectivity index (χ2v) is 8.18. The van der Waals surface area contributed by atoms with Crippen molar-refractivity contribution in [3.8, 4) is 5.75 Å². The van der Waals surface area contributed by atoms with E-state index in [9.17, 15) is 9.59 Å². The largest absolute Gasteiger partial charge is 0.497 e. The Morgan fingerprint density at radius 3 is 2.36 bits per heavy atom. The second kappa shape index (κ2) is 11.4. The molecule has 1 spiro atoms. The number of piperidine rings is 1. The van der Waals surface area contributed by atoms with Crippen LogP contribution >= 0.6 is 0 Å². The van der Waals surface area contributed by atoms with Gasteiger partial charge in [0.15, 0.2) is 0 Å². The second-order valence-electron chi connectivity index (χ2n) is 8.18. The molecule has 0 bridgehead atoms. The normalized spacial score (nSPS) is 19.6. The molecule has 0 radical (unpaired) electrons. The van der Waals surface area contributed by atoms with Gasteiger partial charge in [-0.25, -0.2) is 4.79 Å². The van der Waals surface area contributed by atoms with Crippen LogP contribution in [0.5, 0.6) is 5.75 Å². The number of carboxylic acid groups (broad SMARTS) is 1. The highest BCUT2D eigenvalue weighted by Crippen LogP contribution is 2.38. The summed E-state index contributed by atoms with van der Waals surface area (Å²) in [7, 11) is 1.61. The van der Waals surface area contributed by atoms with Crippen LogP contribution in [0.15, 0.2) is 54.6 Å². The minimum atomic E-state index is -0.703. The average Bonchev–Trinajstić information content (AvgIpc) is 3.26. The topological polar surface area (TPSA) is 99.2 Å². The summed E-state index contributed by atoms with van der Waals surface area (Å²) in [6, 6.07) is 17.3. The molecule has 2 aliphatic rings. The molecule has 0 aliphatic carbocycles. The number of amides is 3. The van der Waals surface area contributed by atoms with E-state index in [1.54, 1.807) is 12.0 Å². The number of ether oxygens (including phenoxy) is 1. The van der Waals surface area contributed by atoms with E-state index in [-0.39, 0.29) is 18.4 Å². The van der Waals surface area contributed by atoms with Crippen molar-refractivity contribution in [2.75, 3.05) is 32.1 Å². The lowest BCUT2D eigenvalue weighted by molar-refractivity contribution is -0.145. The number of urea groups is 1. The fourth-order valence-corrected chi connectivity index (χ4v) is 4.71. The molecule has 8 heteroatoms. The van der Waals surface area contributed by atoms with E-state index in [0.717, 1.165) is 44.4 Å². The highest BCUT2D eigenvalue weighted by molar-refractivity contribution is 5.97. The number of carbonyl (C=O) groups excluding carboxylic acids is 2. The van der Waals surface area contributed by atoms with Gasteiger partial charge in [-0.1, -0.05) is 30.3 Å². The Balaban J connectivity index is 0.000000968. The Bertz CT molecular complexity index is 935. The third-order valence-electron chi connectivity index (χ3n) is 6.29. The van der Waals surface area contributed by atoms with E-state index in [0.29, 0.717) is 18.8 Å². The number of nitrogens with one attached hydrogen (secondary N) is 1. The van der Waals surface area contributed by atoms with Gasteiger partial charge < -0.3 is 25.0 Å². The summed E-state index contributed by atoms with van der Waals surface area (Å²) in [6.07, 6.45) is 4.09. The molecule has 4 rings (SSSR count). The van der Waals surface area contributed by atoms with E-state index in [1.165, 1.54) is 5.56 Å². The first-order valence-corrected chi connectivity index (χ1v) is 11.2. The predicted molar refractivity (Wildman–Crippen MR) is 125 cm³/mol. The highest BCUT2D eigenvalue weighted by atomic mass is 16.5. The van der Waals surface area contributed by atoms with Crippen LogP contribution in [0.2, 0.25) is 0 Å². The zero-order valence-corrected chi connectivity index (χ0v) is 18.9. The van der Waals surface area contributed by atoms with Crippen molar-refractivity contribution in [3.05, 3.63) is 60.2 Å². The zero-order valence-electron chi connectivity index (χ0n) is 18.9. The third kappa shape index (κ3) is 5.63. The van der Waals surface area contributed by atoms with Crippen molar-refractivity contribution < 1.29 is 24.2 Å². The number of hydrogen-bond acceptors (Lipinski definition) is 4. The minimum absolute atomic E-state index is 0.104. The summed E-state index contributed by atoms with van der Waals surface area (Å²) in [5.74, 6) is 0.842. The van der Waals surface area contributed by atoms with Crippen molar-refractivity contribution in [3.63, 3.8) is 0 Å². The number of carbonyl (C=O) groups is 3. The summed E-state index contributed by atoms with van der Waals surface area (Å²) in [4.78, 5) is 38.7. The van der Waals surface area contributed by atoms with Gasteiger partial charge >= 0.3 is 6.03 Å². The molecule has 0 saturated carbocycles. The molecule has 3 amide bonds. The molecule has 2 heterocycles. The molecular weight excluding hydrogens is 422 g/mol. The predicted octanol–water partition coefficient (Wildman–Crippen LogP) is 3.63. The molecule has 2 N–H and O–H groups in total. The Kier molecular flexibility index (Phi) is 8.29. The number of likely N-dealkylation sites (tertiary alicyclic amines) is 2. The number of nitrogens with zero attached hydrogens (tertiary/aromatic N) is 2. The van der Waals surface area contributed by atoms with Crippen LogP contribution in [0.25, 0.3) is 0 Å². The molecule has 2 fully saturated rings. The number of anilines is 1. The van der Waals surface area contributed by atoms with Gasteiger partial charge in [0.2, 0.25) is 5.91 Å². The van der Waals surface area contributed by atoms with Gasteiger partial charge in [0.25, 0.3) is 6.47 Å². The molecule has 176 valence electrons. The summed E-state index contributed by atoms with van der Waals surface area (Å²) in [6.45, 7) is 1.82. The molecule has 2 saturated heterocycles. The summed E-state index contributed by atoms with van der Waals surface area (Å²) >= 11 is 0. The Morgan fingerprint density at radius 2 is 1.73 bits per heavy atom. The van der Waals surface area contributed by atoms with Crippen LogP contribution in [-0.4, -0.2) is 65.6 Å². The SMILES string of the molecule is COc1ccc(NC(=O)N2CCCC23CCCN(CCc2ccccc2)C3=O)cc1.O=CO. The lowest BCUT2D eigenvalue weighted by atomic mass is 9.85. The Labute approximate surface area is 194 Å². The van der Waals surface area contributed by atoms with Gasteiger partial charge in [-0.05, 0) is 61.9 Å². The molecule has 0 aromatic heterocycles. The number of hydrogen-bond donors (Lipinski definition) is 2. The summed E-state index contributed by atoms with van der Waals surface area (Å²) in [5, 5.41) is 9.85. The zero-order chi connectivity index (χ0) is 23.7. The molecule has 33 heavy (non-hydrogen) atoms. The fraction of sp³-hybridized carbons (Fsp3) is 0.400. The van der Waals surface area contributed by atoms with Gasteiger partial charge in [0.05, 0.1) is 7.11 Å². The van der Waals surface area contributed by atoms with E-state index < -0.39 is 5.54 Å². The average molecular weight is 454 g/mol. The Hall–Kier alpha value is -3.55. The van der Waals surface area contributed by atoms with E-state index in [4.69, 9.17) is 14.6 Å². The maximum atomic E-state index is 13.5. The van der Waals surface area contributed by atoms with Crippen molar-refractivity contribution in [2.45, 2.75) is 37.6 Å². The smallest absolute Gasteiger partial charge is 0.322 e.